The quantitative estimate of drug-likeness (QED) is 0.0261. The van der Waals surface area contributed by atoms with Crippen LogP contribution in [0.3, 0.4) is 0 Å². The molecule has 82 heavy (non-hydrogen) atoms. The second kappa shape index (κ2) is 69.6. The van der Waals surface area contributed by atoms with E-state index in [1.54, 1.807) is 0 Å². The number of ether oxygens (including phenoxy) is 3. The summed E-state index contributed by atoms with van der Waals surface area (Å²) in [5.74, 6) is -0.913. The topological polar surface area (TPSA) is 78.9 Å². The minimum atomic E-state index is -0.793. The maximum Gasteiger partial charge on any atom is 0.306 e. The summed E-state index contributed by atoms with van der Waals surface area (Å²) in [5.41, 5.74) is 0. The fourth-order valence-electron chi connectivity index (χ4n) is 9.82. The van der Waals surface area contributed by atoms with E-state index in [0.717, 1.165) is 141 Å². The number of hydrogen-bond donors (Lipinski definition) is 0. The molecule has 6 nitrogen and oxygen atoms in total. The van der Waals surface area contributed by atoms with Crippen LogP contribution in [0.2, 0.25) is 0 Å². The van der Waals surface area contributed by atoms with Crippen LogP contribution >= 0.6 is 0 Å². The highest BCUT2D eigenvalue weighted by Gasteiger charge is 2.19. The third kappa shape index (κ3) is 66.9. The van der Waals surface area contributed by atoms with Crippen LogP contribution in [0.1, 0.15) is 335 Å². The molecule has 0 amide bonds. The lowest BCUT2D eigenvalue weighted by atomic mass is 10.0. The van der Waals surface area contributed by atoms with Gasteiger partial charge in [0.05, 0.1) is 0 Å². The van der Waals surface area contributed by atoms with E-state index in [2.05, 4.69) is 130 Å². The molecule has 0 spiro atoms. The van der Waals surface area contributed by atoms with Gasteiger partial charge in [-0.15, -0.1) is 0 Å². The van der Waals surface area contributed by atoms with Crippen molar-refractivity contribution in [2.75, 3.05) is 13.2 Å². The molecule has 1 unspecified atom stereocenters. The normalized spacial score (nSPS) is 12.8. The van der Waals surface area contributed by atoms with Gasteiger partial charge in [-0.05, 0) is 103 Å². The van der Waals surface area contributed by atoms with Crippen molar-refractivity contribution in [2.24, 2.45) is 0 Å². The molecule has 0 saturated carbocycles. The maximum absolute atomic E-state index is 12.9. The molecule has 0 aliphatic carbocycles. The van der Waals surface area contributed by atoms with Gasteiger partial charge in [-0.2, -0.15) is 0 Å². The van der Waals surface area contributed by atoms with E-state index in [0.29, 0.717) is 19.3 Å². The van der Waals surface area contributed by atoms with Crippen LogP contribution in [0.15, 0.2) is 109 Å². The van der Waals surface area contributed by atoms with Gasteiger partial charge >= 0.3 is 17.9 Å². The van der Waals surface area contributed by atoms with Gasteiger partial charge in [0.2, 0.25) is 0 Å². The molecule has 0 N–H and O–H groups in total. The minimum absolute atomic E-state index is 0.0891. The summed E-state index contributed by atoms with van der Waals surface area (Å²) in [6.07, 6.45) is 95.6. The maximum atomic E-state index is 12.9. The molecule has 0 aliphatic heterocycles. The van der Waals surface area contributed by atoms with Gasteiger partial charge in [-0.25, -0.2) is 0 Å². The monoisotopic (exact) mass is 1140 g/mol. The largest absolute Gasteiger partial charge is 0.462 e. The van der Waals surface area contributed by atoms with Crippen LogP contribution in [-0.4, -0.2) is 37.2 Å². The average Bonchev–Trinajstić information content (AvgIpc) is 3.48. The molecule has 0 aliphatic rings. The first kappa shape index (κ1) is 78.1. The van der Waals surface area contributed by atoms with E-state index >= 15 is 0 Å². The zero-order valence-electron chi connectivity index (χ0n) is 54.0. The SMILES string of the molecule is CC/C=C\C/C=C\C/C=C\C/C=C\C/C=C\C/C=C\C/C=C\C/C=C\CCCCCCC(=O)OCC(COC(=O)CCCCCCC/C=C\CCC)OC(=O)CCCCCCCCCCCCCCCCCCCCCCCCCCC. The molecule has 0 saturated heterocycles. The molecular formula is C76H130O6. The van der Waals surface area contributed by atoms with Crippen LogP contribution in [-0.2, 0) is 28.6 Å². The molecule has 470 valence electrons. The highest BCUT2D eigenvalue weighted by molar-refractivity contribution is 5.71. The Hall–Kier alpha value is -3.93. The number of rotatable bonds is 63. The molecule has 0 fully saturated rings. The third-order valence-electron chi connectivity index (χ3n) is 15.0. The van der Waals surface area contributed by atoms with Crippen LogP contribution in [0.4, 0.5) is 0 Å². The summed E-state index contributed by atoms with van der Waals surface area (Å²) in [6.45, 7) is 6.47. The number of hydrogen-bond acceptors (Lipinski definition) is 6. The average molecular weight is 1140 g/mol. The Morgan fingerprint density at radius 3 is 0.805 bits per heavy atom. The summed E-state index contributed by atoms with van der Waals surface area (Å²) in [7, 11) is 0. The predicted molar refractivity (Wildman–Crippen MR) is 357 cm³/mol. The second-order valence-corrected chi connectivity index (χ2v) is 23.1. The van der Waals surface area contributed by atoms with Crippen LogP contribution in [0.5, 0.6) is 0 Å². The number of carbonyl (C=O) groups excluding carboxylic acids is 3. The van der Waals surface area contributed by atoms with Gasteiger partial charge in [0.15, 0.2) is 6.10 Å². The molecule has 0 aromatic heterocycles. The summed E-state index contributed by atoms with van der Waals surface area (Å²) in [4.78, 5) is 38.3. The molecule has 0 rings (SSSR count). The fraction of sp³-hybridized carbons (Fsp3) is 0.724. The Labute approximate surface area is 508 Å². The first-order chi connectivity index (χ1) is 40.5. The molecule has 0 bridgehead atoms. The molecule has 0 heterocycles. The highest BCUT2D eigenvalue weighted by Crippen LogP contribution is 2.17. The van der Waals surface area contributed by atoms with Crippen molar-refractivity contribution in [1.29, 1.82) is 0 Å². The first-order valence-corrected chi connectivity index (χ1v) is 34.9. The summed E-state index contributed by atoms with van der Waals surface area (Å²) in [5, 5.41) is 0. The number of esters is 3. The van der Waals surface area contributed by atoms with Crippen molar-refractivity contribution < 1.29 is 28.6 Å². The number of carbonyl (C=O) groups is 3. The molecule has 0 aromatic rings. The lowest BCUT2D eigenvalue weighted by Gasteiger charge is -2.18. The number of allylic oxidation sites excluding steroid dienone is 18. The fourth-order valence-corrected chi connectivity index (χ4v) is 9.82. The van der Waals surface area contributed by atoms with Crippen molar-refractivity contribution in [1.82, 2.24) is 0 Å². The number of unbranched alkanes of at least 4 members (excludes halogenated alkanes) is 34. The van der Waals surface area contributed by atoms with E-state index in [-0.39, 0.29) is 31.1 Å². The predicted octanol–water partition coefficient (Wildman–Crippen LogP) is 24.2. The van der Waals surface area contributed by atoms with Gasteiger partial charge in [-0.1, -0.05) is 323 Å². The van der Waals surface area contributed by atoms with Gasteiger partial charge in [-0.3, -0.25) is 14.4 Å². The Morgan fingerprint density at radius 1 is 0.256 bits per heavy atom. The van der Waals surface area contributed by atoms with Crippen LogP contribution < -0.4 is 0 Å². The molecule has 6 heteroatoms. The first-order valence-electron chi connectivity index (χ1n) is 34.9. The van der Waals surface area contributed by atoms with Gasteiger partial charge in [0.1, 0.15) is 13.2 Å². The standard InChI is InChI=1S/C76H130O6/c1-4-7-10-13-16-19-22-24-26-28-30-32-34-36-37-38-39-41-42-44-46-48-50-52-54-57-60-63-66-69-75(78)81-72-73(71-80-74(77)68-65-62-59-56-21-18-15-12-9-6-3)82-76(79)70-67-64-61-58-55-53-51-49-47-45-43-40-35-33-31-29-27-25-23-20-17-14-11-8-5-2/h7,10,12,15-16,19,24,26,30,32,36-37,39,41,44,46,50,52,73H,4-6,8-9,11,13-14,17-18,20-23,25,27-29,31,33-35,38,40,42-43,45,47-49,51,53-72H2,1-3H3/b10-7-,15-12-,19-16-,26-24-,32-30-,37-36-,41-39-,46-44-,52-50-. The molecule has 0 radical (unpaired) electrons. The Kier molecular flexibility index (Phi) is 66.2. The van der Waals surface area contributed by atoms with E-state index in [1.165, 1.54) is 154 Å². The highest BCUT2D eigenvalue weighted by atomic mass is 16.6. The lowest BCUT2D eigenvalue weighted by Crippen LogP contribution is -2.30. The molecule has 0 aromatic carbocycles. The van der Waals surface area contributed by atoms with Crippen molar-refractivity contribution in [3.8, 4) is 0 Å². The third-order valence-corrected chi connectivity index (χ3v) is 15.0. The van der Waals surface area contributed by atoms with Gasteiger partial charge in [0, 0.05) is 19.3 Å². The van der Waals surface area contributed by atoms with Gasteiger partial charge in [0.25, 0.3) is 0 Å². The molecular weight excluding hydrogens is 1010 g/mol. The van der Waals surface area contributed by atoms with Crippen molar-refractivity contribution in [3.05, 3.63) is 109 Å². The van der Waals surface area contributed by atoms with E-state index in [9.17, 15) is 14.4 Å². The second-order valence-electron chi connectivity index (χ2n) is 23.1. The van der Waals surface area contributed by atoms with E-state index in [1.807, 2.05) is 0 Å². The van der Waals surface area contributed by atoms with Crippen LogP contribution in [0.25, 0.3) is 0 Å². The summed E-state index contributed by atoms with van der Waals surface area (Å²) < 4.78 is 16.9. The molecule has 1 atom stereocenters. The smallest absolute Gasteiger partial charge is 0.306 e. The summed E-state index contributed by atoms with van der Waals surface area (Å²) >= 11 is 0. The van der Waals surface area contributed by atoms with E-state index in [4.69, 9.17) is 14.2 Å². The zero-order chi connectivity index (χ0) is 59.2. The summed E-state index contributed by atoms with van der Waals surface area (Å²) in [6, 6.07) is 0. The minimum Gasteiger partial charge on any atom is -0.462 e. The Bertz CT molecular complexity index is 1640. The van der Waals surface area contributed by atoms with Crippen molar-refractivity contribution >= 4 is 17.9 Å². The van der Waals surface area contributed by atoms with Gasteiger partial charge < -0.3 is 14.2 Å². The Morgan fingerprint density at radius 2 is 0.500 bits per heavy atom. The van der Waals surface area contributed by atoms with Crippen LogP contribution in [0, 0.1) is 0 Å². The van der Waals surface area contributed by atoms with Crippen molar-refractivity contribution in [3.63, 3.8) is 0 Å². The zero-order valence-corrected chi connectivity index (χ0v) is 54.0. The van der Waals surface area contributed by atoms with E-state index < -0.39 is 6.10 Å². The van der Waals surface area contributed by atoms with Crippen molar-refractivity contribution in [2.45, 2.75) is 341 Å². The lowest BCUT2D eigenvalue weighted by molar-refractivity contribution is -0.167. The Balaban J connectivity index is 4.26.